The molecular formula is C15H40N2O3Si3. The third-order valence-electron chi connectivity index (χ3n) is 4.12. The zero-order chi connectivity index (χ0) is 18.1. The van der Waals surface area contributed by atoms with E-state index >= 15 is 0 Å². The van der Waals surface area contributed by atoms with Gasteiger partial charge in [-0.2, -0.15) is 0 Å². The van der Waals surface area contributed by atoms with E-state index in [1.54, 1.807) is 21.3 Å². The number of hydrogen-bond donors (Lipinski definition) is 1. The Morgan fingerprint density at radius 2 is 1.17 bits per heavy atom. The minimum Gasteiger partial charge on any atom is -0.377 e. The summed E-state index contributed by atoms with van der Waals surface area (Å²) in [5.41, 5.74) is 0. The van der Waals surface area contributed by atoms with E-state index in [1.165, 1.54) is 13.0 Å². The van der Waals surface area contributed by atoms with E-state index in [0.29, 0.717) is 0 Å². The maximum Gasteiger partial charge on any atom is 0.500 e. The normalized spacial score (nSPS) is 13.8. The summed E-state index contributed by atoms with van der Waals surface area (Å²) in [5, 5.41) is 3.55. The molecule has 0 heterocycles. The third-order valence-corrected chi connectivity index (χ3v) is 14.7. The quantitative estimate of drug-likeness (QED) is 0.392. The molecule has 0 spiro atoms. The Kier molecular flexibility index (Phi) is 10.6. The molecule has 0 bridgehead atoms. The average molecular weight is 381 g/mol. The van der Waals surface area contributed by atoms with Crippen molar-refractivity contribution in [3.63, 3.8) is 0 Å². The first-order chi connectivity index (χ1) is 10.5. The van der Waals surface area contributed by atoms with E-state index < -0.39 is 25.3 Å². The SMILES string of the molecule is CO[Si](CCCNCCCN([Si](C)(C)C)[Si](C)(C)C)(OC)OC. The molecule has 140 valence electrons. The van der Waals surface area contributed by atoms with E-state index in [4.69, 9.17) is 13.3 Å². The lowest BCUT2D eigenvalue weighted by molar-refractivity contribution is 0.123. The molecule has 8 heteroatoms. The first-order valence-corrected chi connectivity index (χ1v) is 17.5. The van der Waals surface area contributed by atoms with Crippen LogP contribution in [-0.2, 0) is 13.3 Å². The summed E-state index contributed by atoms with van der Waals surface area (Å²) in [6.45, 7) is 18.1. The van der Waals surface area contributed by atoms with E-state index in [0.717, 1.165) is 25.6 Å². The molecule has 23 heavy (non-hydrogen) atoms. The Balaban J connectivity index is 4.01. The maximum atomic E-state index is 5.44. The smallest absolute Gasteiger partial charge is 0.377 e. The lowest BCUT2D eigenvalue weighted by Gasteiger charge is -2.43. The zero-order valence-corrected chi connectivity index (χ0v) is 19.9. The summed E-state index contributed by atoms with van der Waals surface area (Å²) in [4.78, 5) is 0. The number of nitrogens with one attached hydrogen (secondary N) is 1. The van der Waals surface area contributed by atoms with Crippen LogP contribution in [0.25, 0.3) is 0 Å². The Morgan fingerprint density at radius 3 is 1.57 bits per heavy atom. The highest BCUT2D eigenvalue weighted by molar-refractivity contribution is 6.89. The van der Waals surface area contributed by atoms with Crippen molar-refractivity contribution in [2.75, 3.05) is 41.0 Å². The number of nitrogens with zero attached hydrogens (tertiary/aromatic N) is 1. The van der Waals surface area contributed by atoms with Gasteiger partial charge in [0, 0.05) is 27.4 Å². The molecule has 0 aromatic rings. The largest absolute Gasteiger partial charge is 0.500 e. The van der Waals surface area contributed by atoms with E-state index in [2.05, 4.69) is 48.8 Å². The second kappa shape index (κ2) is 10.4. The molecule has 0 radical (unpaired) electrons. The lowest BCUT2D eigenvalue weighted by Crippen LogP contribution is -2.59. The molecule has 0 atom stereocenters. The Morgan fingerprint density at radius 1 is 0.739 bits per heavy atom. The molecular weight excluding hydrogens is 340 g/mol. The Hall–Kier alpha value is 0.451. The van der Waals surface area contributed by atoms with Crippen molar-refractivity contribution >= 4 is 25.3 Å². The van der Waals surface area contributed by atoms with Crippen molar-refractivity contribution in [3.8, 4) is 0 Å². The van der Waals surface area contributed by atoms with Crippen molar-refractivity contribution in [2.24, 2.45) is 0 Å². The molecule has 0 saturated heterocycles. The van der Waals surface area contributed by atoms with Crippen LogP contribution in [0, 0.1) is 0 Å². The summed E-state index contributed by atoms with van der Waals surface area (Å²) in [5.74, 6) is 0. The molecule has 0 amide bonds. The molecule has 1 N–H and O–H groups in total. The first-order valence-electron chi connectivity index (χ1n) is 8.66. The van der Waals surface area contributed by atoms with E-state index in [-0.39, 0.29) is 0 Å². The van der Waals surface area contributed by atoms with Gasteiger partial charge in [-0.25, -0.2) is 0 Å². The highest BCUT2D eigenvalue weighted by Gasteiger charge is 2.36. The van der Waals surface area contributed by atoms with Crippen LogP contribution in [0.1, 0.15) is 12.8 Å². The van der Waals surface area contributed by atoms with Crippen LogP contribution < -0.4 is 5.32 Å². The Labute approximate surface area is 147 Å². The third kappa shape index (κ3) is 8.92. The van der Waals surface area contributed by atoms with Gasteiger partial charge < -0.3 is 22.8 Å². The molecule has 0 aromatic carbocycles. The number of rotatable bonds is 13. The Bertz CT molecular complexity index is 294. The fourth-order valence-electron chi connectivity index (χ4n) is 3.15. The molecule has 0 aliphatic heterocycles. The minimum absolute atomic E-state index is 0.861. The lowest BCUT2D eigenvalue weighted by atomic mass is 10.4. The van der Waals surface area contributed by atoms with Gasteiger partial charge in [-0.05, 0) is 32.5 Å². The molecule has 0 saturated carbocycles. The second-order valence-electron chi connectivity index (χ2n) is 8.00. The van der Waals surface area contributed by atoms with Gasteiger partial charge in [0.2, 0.25) is 0 Å². The van der Waals surface area contributed by atoms with Crippen LogP contribution in [0.2, 0.25) is 45.3 Å². The zero-order valence-electron chi connectivity index (χ0n) is 16.9. The van der Waals surface area contributed by atoms with Crippen LogP contribution in [0.3, 0.4) is 0 Å². The summed E-state index contributed by atoms with van der Waals surface area (Å²) in [7, 11) is 0.205. The molecule has 0 aliphatic carbocycles. The van der Waals surface area contributed by atoms with Crippen LogP contribution in [0.15, 0.2) is 0 Å². The predicted octanol–water partition coefficient (Wildman–Crippen LogP) is 3.21. The van der Waals surface area contributed by atoms with Gasteiger partial charge in [-0.1, -0.05) is 39.3 Å². The summed E-state index contributed by atoms with van der Waals surface area (Å²) in [6.07, 6.45) is 2.24. The van der Waals surface area contributed by atoms with Crippen LogP contribution in [-0.4, -0.2) is 70.5 Å². The van der Waals surface area contributed by atoms with Crippen molar-refractivity contribution in [2.45, 2.75) is 58.2 Å². The van der Waals surface area contributed by atoms with Gasteiger partial charge in [0.1, 0.15) is 16.5 Å². The van der Waals surface area contributed by atoms with Crippen molar-refractivity contribution < 1.29 is 13.3 Å². The van der Waals surface area contributed by atoms with Gasteiger partial charge >= 0.3 is 8.80 Å². The fourth-order valence-corrected chi connectivity index (χ4v) is 14.6. The second-order valence-corrected chi connectivity index (χ2v) is 21.3. The topological polar surface area (TPSA) is 43.0 Å². The standard InChI is InChI=1S/C15H40N2O3Si3/c1-18-23(19-2,20-3)15-11-13-16-12-10-14-17(21(4,5)6)22(7,8)9/h16H,10-15H2,1-9H3. The molecule has 0 unspecified atom stereocenters. The van der Waals surface area contributed by atoms with Gasteiger partial charge in [-0.3, -0.25) is 0 Å². The molecule has 0 aromatic heterocycles. The highest BCUT2D eigenvalue weighted by Crippen LogP contribution is 2.19. The summed E-state index contributed by atoms with van der Waals surface area (Å²) >= 11 is 0. The number of hydrogen-bond acceptors (Lipinski definition) is 5. The van der Waals surface area contributed by atoms with E-state index in [1.807, 2.05) is 0 Å². The van der Waals surface area contributed by atoms with E-state index in [9.17, 15) is 0 Å². The average Bonchev–Trinajstić information content (AvgIpc) is 2.44. The first kappa shape index (κ1) is 23.5. The summed E-state index contributed by atoms with van der Waals surface area (Å²) < 4.78 is 19.2. The van der Waals surface area contributed by atoms with Crippen molar-refractivity contribution in [3.05, 3.63) is 0 Å². The maximum absolute atomic E-state index is 5.44. The highest BCUT2D eigenvalue weighted by atomic mass is 28.4. The van der Waals surface area contributed by atoms with Gasteiger partial charge in [0.05, 0.1) is 0 Å². The van der Waals surface area contributed by atoms with Crippen LogP contribution in [0.5, 0.6) is 0 Å². The molecule has 5 nitrogen and oxygen atoms in total. The molecule has 0 aliphatic rings. The fraction of sp³-hybridized carbons (Fsp3) is 1.00. The van der Waals surface area contributed by atoms with Gasteiger partial charge in [0.15, 0.2) is 0 Å². The monoisotopic (exact) mass is 380 g/mol. The predicted molar refractivity (Wildman–Crippen MR) is 107 cm³/mol. The minimum atomic E-state index is -2.39. The van der Waals surface area contributed by atoms with Gasteiger partial charge in [0.25, 0.3) is 0 Å². The molecule has 0 rings (SSSR count). The van der Waals surface area contributed by atoms with Crippen molar-refractivity contribution in [1.29, 1.82) is 0 Å². The van der Waals surface area contributed by atoms with Crippen LogP contribution in [0.4, 0.5) is 0 Å². The summed E-state index contributed by atoms with van der Waals surface area (Å²) in [6, 6.07) is 0.861. The molecule has 0 fully saturated rings. The van der Waals surface area contributed by atoms with Crippen LogP contribution >= 0.6 is 0 Å². The van der Waals surface area contributed by atoms with Gasteiger partial charge in [-0.15, -0.1) is 0 Å². The van der Waals surface area contributed by atoms with Crippen molar-refractivity contribution in [1.82, 2.24) is 9.55 Å².